The van der Waals surface area contributed by atoms with Gasteiger partial charge in [0.1, 0.15) is 23.4 Å². The van der Waals surface area contributed by atoms with Crippen LogP contribution in [0.4, 0.5) is 5.13 Å². The van der Waals surface area contributed by atoms with Crippen LogP contribution in [0.15, 0.2) is 70.7 Å². The van der Waals surface area contributed by atoms with Gasteiger partial charge >= 0.3 is 5.91 Å². The number of aromatic nitrogens is 1. The van der Waals surface area contributed by atoms with Gasteiger partial charge < -0.3 is 14.6 Å². The fourth-order valence-corrected chi connectivity index (χ4v) is 6.25. The van der Waals surface area contributed by atoms with E-state index in [0.717, 1.165) is 20.5 Å². The van der Waals surface area contributed by atoms with Gasteiger partial charge in [-0.3, -0.25) is 14.5 Å². The lowest BCUT2D eigenvalue weighted by atomic mass is 9.94. The Morgan fingerprint density at radius 2 is 1.95 bits per heavy atom. The second-order valence-electron chi connectivity index (χ2n) is 9.23. The Bertz CT molecular complexity index is 1630. The summed E-state index contributed by atoms with van der Waals surface area (Å²) < 4.78 is 13.1. The van der Waals surface area contributed by atoms with Gasteiger partial charge in [-0.1, -0.05) is 39.4 Å². The number of ketones is 1. The van der Waals surface area contributed by atoms with Gasteiger partial charge in [-0.25, -0.2) is 4.98 Å². The number of nitrogens with zero attached hydrogens (tertiary/aromatic N) is 2. The number of Topliss-reactive ketones (excluding diaryl/α,β-unsaturated/α-hetero) is 1. The van der Waals surface area contributed by atoms with Gasteiger partial charge in [-0.15, -0.1) is 0 Å². The van der Waals surface area contributed by atoms with Crippen LogP contribution >= 0.6 is 27.3 Å². The number of thiazole rings is 1. The van der Waals surface area contributed by atoms with Crippen molar-refractivity contribution < 1.29 is 24.2 Å². The molecule has 9 heteroatoms. The molecule has 3 heterocycles. The normalized spacial score (nSPS) is 20.1. The van der Waals surface area contributed by atoms with Gasteiger partial charge in [-0.05, 0) is 73.5 Å². The average Bonchev–Trinajstić information content (AvgIpc) is 3.56. The third-order valence-electron chi connectivity index (χ3n) is 6.67. The van der Waals surface area contributed by atoms with E-state index in [1.807, 2.05) is 62.4 Å². The maximum absolute atomic E-state index is 13.5. The molecule has 2 aliphatic rings. The molecular weight excluding hydrogens is 568 g/mol. The van der Waals surface area contributed by atoms with Gasteiger partial charge in [0, 0.05) is 16.5 Å². The quantitative estimate of drug-likeness (QED) is 0.164. The van der Waals surface area contributed by atoms with Crippen LogP contribution in [0.2, 0.25) is 0 Å². The van der Waals surface area contributed by atoms with Crippen molar-refractivity contribution >= 4 is 60.1 Å². The first-order valence-corrected chi connectivity index (χ1v) is 13.8. The molecule has 1 saturated heterocycles. The smallest absolute Gasteiger partial charge is 0.301 e. The van der Waals surface area contributed by atoms with Crippen molar-refractivity contribution in [3.8, 4) is 11.5 Å². The zero-order chi connectivity index (χ0) is 26.6. The Hall–Kier alpha value is -3.69. The molecule has 3 aromatic carbocycles. The van der Waals surface area contributed by atoms with E-state index in [4.69, 9.17) is 9.47 Å². The minimum atomic E-state index is -0.849. The Labute approximate surface area is 231 Å². The molecule has 4 aromatic rings. The number of halogens is 1. The molecule has 1 N–H and O–H groups in total. The van der Waals surface area contributed by atoms with Crippen LogP contribution in [0.1, 0.15) is 36.6 Å². The minimum absolute atomic E-state index is 0.0264. The summed E-state index contributed by atoms with van der Waals surface area (Å²) in [6.45, 7) is 4.42. The van der Waals surface area contributed by atoms with Crippen molar-refractivity contribution in [3.63, 3.8) is 0 Å². The standard InChI is InChI=1S/C29H23BrN2O5S/c1-3-36-20-9-10-21-23(14-20)38-29(31-21)32-25(16-4-7-19(30)8-5-16)24(27(34)28(32)35)26(33)17-6-11-22-18(13-17)12-15(2)37-22/h4-11,13-15,25,33H,3,12H2,1-2H3/b26-24+/t15-,25+/m0/s1. The van der Waals surface area contributed by atoms with Crippen LogP contribution in [0.25, 0.3) is 16.0 Å². The topological polar surface area (TPSA) is 89.0 Å². The summed E-state index contributed by atoms with van der Waals surface area (Å²) in [5.41, 5.74) is 2.82. The first-order chi connectivity index (χ1) is 18.3. The number of carbonyl (C=O) groups excluding carboxylic acids is 2. The lowest BCUT2D eigenvalue weighted by Crippen LogP contribution is -2.29. The first-order valence-electron chi connectivity index (χ1n) is 12.2. The van der Waals surface area contributed by atoms with Crippen LogP contribution in [0.3, 0.4) is 0 Å². The molecule has 0 bridgehead atoms. The van der Waals surface area contributed by atoms with Crippen molar-refractivity contribution in [3.05, 3.63) is 87.4 Å². The molecule has 6 rings (SSSR count). The molecule has 1 aromatic heterocycles. The first kappa shape index (κ1) is 24.6. The summed E-state index contributed by atoms with van der Waals surface area (Å²) in [6.07, 6.45) is 0.745. The molecule has 2 aliphatic heterocycles. The van der Waals surface area contributed by atoms with Gasteiger partial charge in [0.05, 0.1) is 28.4 Å². The summed E-state index contributed by atoms with van der Waals surface area (Å²) in [5.74, 6) is -0.242. The fourth-order valence-electron chi connectivity index (χ4n) is 4.97. The summed E-state index contributed by atoms with van der Waals surface area (Å²) in [6, 6.07) is 17.4. The summed E-state index contributed by atoms with van der Waals surface area (Å²) in [4.78, 5) is 33.1. The van der Waals surface area contributed by atoms with Crippen LogP contribution in [0.5, 0.6) is 11.5 Å². The number of aliphatic hydroxyl groups excluding tert-OH is 1. The number of ether oxygens (including phenoxy) is 2. The molecule has 2 atom stereocenters. The van der Waals surface area contributed by atoms with Crippen molar-refractivity contribution in [1.82, 2.24) is 4.98 Å². The van der Waals surface area contributed by atoms with Crippen LogP contribution < -0.4 is 14.4 Å². The predicted octanol–water partition coefficient (Wildman–Crippen LogP) is 6.41. The van der Waals surface area contributed by atoms with Crippen LogP contribution in [-0.4, -0.2) is 34.5 Å². The number of fused-ring (bicyclic) bond motifs is 2. The highest BCUT2D eigenvalue weighted by Crippen LogP contribution is 2.45. The van der Waals surface area contributed by atoms with E-state index in [9.17, 15) is 14.7 Å². The molecule has 192 valence electrons. The largest absolute Gasteiger partial charge is 0.507 e. The lowest BCUT2D eigenvalue weighted by Gasteiger charge is -2.23. The minimum Gasteiger partial charge on any atom is -0.507 e. The van der Waals surface area contributed by atoms with Gasteiger partial charge in [0.2, 0.25) is 0 Å². The molecule has 0 unspecified atom stereocenters. The van der Waals surface area contributed by atoms with E-state index in [1.54, 1.807) is 12.1 Å². The SMILES string of the molecule is CCOc1ccc2nc(N3C(=O)C(=O)/C(=C(/O)c4ccc5c(c4)C[C@H](C)O5)[C@H]3c3ccc(Br)cc3)sc2c1. The third kappa shape index (κ3) is 4.16. The Morgan fingerprint density at radius 1 is 1.16 bits per heavy atom. The third-order valence-corrected chi connectivity index (χ3v) is 8.21. The molecule has 0 aliphatic carbocycles. The fraction of sp³-hybridized carbons (Fsp3) is 0.207. The number of anilines is 1. The average molecular weight is 591 g/mol. The Morgan fingerprint density at radius 3 is 2.71 bits per heavy atom. The number of hydrogen-bond donors (Lipinski definition) is 1. The number of aliphatic hydroxyl groups is 1. The molecule has 0 saturated carbocycles. The molecule has 0 radical (unpaired) electrons. The monoisotopic (exact) mass is 590 g/mol. The van der Waals surface area contributed by atoms with E-state index < -0.39 is 17.7 Å². The number of benzene rings is 3. The molecule has 1 fully saturated rings. The summed E-state index contributed by atoms with van der Waals surface area (Å²) in [7, 11) is 0. The number of hydrogen-bond acceptors (Lipinski definition) is 7. The predicted molar refractivity (Wildman–Crippen MR) is 150 cm³/mol. The zero-order valence-electron chi connectivity index (χ0n) is 20.6. The Kier molecular flexibility index (Phi) is 6.20. The van der Waals surface area contributed by atoms with Gasteiger partial charge in [-0.2, -0.15) is 0 Å². The number of carbonyl (C=O) groups is 2. The van der Waals surface area contributed by atoms with E-state index in [2.05, 4.69) is 20.9 Å². The van der Waals surface area contributed by atoms with E-state index in [0.29, 0.717) is 40.6 Å². The zero-order valence-corrected chi connectivity index (χ0v) is 23.0. The lowest BCUT2D eigenvalue weighted by molar-refractivity contribution is -0.132. The maximum atomic E-state index is 13.5. The van der Waals surface area contributed by atoms with Crippen molar-refractivity contribution in [2.45, 2.75) is 32.4 Å². The molecule has 0 spiro atoms. The van der Waals surface area contributed by atoms with E-state index in [-0.39, 0.29) is 17.4 Å². The van der Waals surface area contributed by atoms with Crippen LogP contribution in [0, 0.1) is 0 Å². The van der Waals surface area contributed by atoms with E-state index >= 15 is 0 Å². The molecule has 7 nitrogen and oxygen atoms in total. The molecule has 38 heavy (non-hydrogen) atoms. The van der Waals surface area contributed by atoms with Crippen LogP contribution in [-0.2, 0) is 16.0 Å². The van der Waals surface area contributed by atoms with Crippen molar-refractivity contribution in [1.29, 1.82) is 0 Å². The molecular formula is C29H23BrN2O5S. The highest BCUT2D eigenvalue weighted by atomic mass is 79.9. The number of rotatable bonds is 5. The van der Waals surface area contributed by atoms with Gasteiger partial charge in [0.25, 0.3) is 5.78 Å². The van der Waals surface area contributed by atoms with E-state index in [1.165, 1.54) is 16.2 Å². The highest BCUT2D eigenvalue weighted by molar-refractivity contribution is 9.10. The summed E-state index contributed by atoms with van der Waals surface area (Å²) in [5, 5.41) is 11.9. The molecule has 1 amide bonds. The second kappa shape index (κ2) is 9.56. The van der Waals surface area contributed by atoms with Crippen molar-refractivity contribution in [2.75, 3.05) is 11.5 Å². The van der Waals surface area contributed by atoms with Gasteiger partial charge in [0.15, 0.2) is 5.13 Å². The Balaban J connectivity index is 1.50. The number of amides is 1. The second-order valence-corrected chi connectivity index (χ2v) is 11.2. The summed E-state index contributed by atoms with van der Waals surface area (Å²) >= 11 is 4.75. The highest BCUT2D eigenvalue weighted by Gasteiger charge is 2.48. The maximum Gasteiger partial charge on any atom is 0.301 e. The van der Waals surface area contributed by atoms with Crippen molar-refractivity contribution in [2.24, 2.45) is 0 Å².